The predicted octanol–water partition coefficient (Wildman–Crippen LogP) is 2.59. The van der Waals surface area contributed by atoms with Crippen LogP contribution in [0.5, 0.6) is 0 Å². The molecule has 0 radical (unpaired) electrons. The molecule has 1 aromatic carbocycles. The molecule has 0 bridgehead atoms. The van der Waals surface area contributed by atoms with Crippen molar-refractivity contribution in [3.05, 3.63) is 34.9 Å². The van der Waals surface area contributed by atoms with Crippen molar-refractivity contribution in [2.24, 2.45) is 0 Å². The van der Waals surface area contributed by atoms with Gasteiger partial charge in [0.2, 0.25) is 11.9 Å². The molecule has 2 saturated heterocycles. The number of aromatic amines is 1. The quantitative estimate of drug-likeness (QED) is 0.764. The normalized spacial score (nSPS) is 24.3. The Bertz CT molecular complexity index is 796. The van der Waals surface area contributed by atoms with E-state index in [0.717, 1.165) is 37.9 Å². The summed E-state index contributed by atoms with van der Waals surface area (Å²) in [6.45, 7) is 2.06. The van der Waals surface area contributed by atoms with E-state index in [1.807, 2.05) is 24.3 Å². The number of nitrogen functional groups attached to an aromatic ring is 1. The predicted molar refractivity (Wildman–Crippen MR) is 107 cm³/mol. The van der Waals surface area contributed by atoms with Crippen molar-refractivity contribution in [1.29, 1.82) is 0 Å². The molecule has 1 unspecified atom stereocenters. The Kier molecular flexibility index (Phi) is 6.17. The number of hydrogen-bond acceptors (Lipinski definition) is 6. The van der Waals surface area contributed by atoms with Gasteiger partial charge in [-0.3, -0.25) is 4.90 Å². The summed E-state index contributed by atoms with van der Waals surface area (Å²) in [7, 11) is 0. The van der Waals surface area contributed by atoms with Crippen LogP contribution in [0.15, 0.2) is 24.3 Å². The molecule has 7 nitrogen and oxygen atoms in total. The summed E-state index contributed by atoms with van der Waals surface area (Å²) < 4.78 is 32.2. The van der Waals surface area contributed by atoms with Crippen LogP contribution < -0.4 is 10.6 Å². The highest BCUT2D eigenvalue weighted by Crippen LogP contribution is 2.28. The largest absolute Gasteiger partial charge is 0.369 e. The Labute approximate surface area is 173 Å². The standard InChI is InChI=1S/C19H25ClF2N6O/c20-13-3-1-12(2-4-13)9-15-11-29-16(17(21)22)10-28(15)14-5-7-27(8-6-14)19-24-18(23)25-26-19/h1-4,14-17H,5-11H2,(H3,23,24,25,26)/t15-,16?/m0/s1. The number of nitrogens with one attached hydrogen (secondary N) is 1. The van der Waals surface area contributed by atoms with Crippen molar-refractivity contribution in [1.82, 2.24) is 20.1 Å². The van der Waals surface area contributed by atoms with Gasteiger partial charge >= 0.3 is 0 Å². The number of anilines is 2. The van der Waals surface area contributed by atoms with E-state index in [2.05, 4.69) is 25.0 Å². The van der Waals surface area contributed by atoms with E-state index < -0.39 is 12.5 Å². The third-order valence-electron chi connectivity index (χ3n) is 5.74. The van der Waals surface area contributed by atoms with Crippen LogP contribution in [0.4, 0.5) is 20.7 Å². The molecule has 2 fully saturated rings. The maximum absolute atomic E-state index is 13.3. The maximum atomic E-state index is 13.3. The van der Waals surface area contributed by atoms with E-state index in [1.165, 1.54) is 0 Å². The van der Waals surface area contributed by atoms with Gasteiger partial charge < -0.3 is 15.4 Å². The van der Waals surface area contributed by atoms with Crippen LogP contribution >= 0.6 is 11.6 Å². The second-order valence-corrected chi connectivity index (χ2v) is 8.06. The summed E-state index contributed by atoms with van der Waals surface area (Å²) in [4.78, 5) is 8.47. The highest BCUT2D eigenvalue weighted by Gasteiger charge is 2.38. The summed E-state index contributed by atoms with van der Waals surface area (Å²) in [6.07, 6.45) is -1.08. The molecule has 10 heteroatoms. The van der Waals surface area contributed by atoms with Crippen molar-refractivity contribution in [2.45, 2.75) is 43.9 Å². The molecule has 2 aromatic rings. The molecule has 29 heavy (non-hydrogen) atoms. The van der Waals surface area contributed by atoms with Gasteiger partial charge in [-0.15, -0.1) is 5.10 Å². The fourth-order valence-corrected chi connectivity index (χ4v) is 4.34. The van der Waals surface area contributed by atoms with Crippen molar-refractivity contribution in [3.63, 3.8) is 0 Å². The highest BCUT2D eigenvalue weighted by atomic mass is 35.5. The molecule has 3 N–H and O–H groups in total. The molecular formula is C19H25ClF2N6O. The first-order valence-corrected chi connectivity index (χ1v) is 10.2. The number of piperidine rings is 1. The fourth-order valence-electron chi connectivity index (χ4n) is 4.21. The minimum atomic E-state index is -2.48. The molecule has 0 amide bonds. The van der Waals surface area contributed by atoms with E-state index in [1.54, 1.807) is 0 Å². The number of ether oxygens (including phenoxy) is 1. The van der Waals surface area contributed by atoms with Crippen LogP contribution in [0.3, 0.4) is 0 Å². The van der Waals surface area contributed by atoms with Crippen molar-refractivity contribution < 1.29 is 13.5 Å². The van der Waals surface area contributed by atoms with E-state index in [4.69, 9.17) is 22.1 Å². The molecule has 2 atom stereocenters. The SMILES string of the molecule is Nc1nc(N2CCC(N3CC(C(F)F)OC[C@@H]3Cc3ccc(Cl)cc3)CC2)n[nH]1. The molecule has 0 spiro atoms. The van der Waals surface area contributed by atoms with Gasteiger partial charge in [-0.05, 0) is 37.0 Å². The lowest BCUT2D eigenvalue weighted by molar-refractivity contribution is -0.134. The first-order valence-electron chi connectivity index (χ1n) is 9.82. The lowest BCUT2D eigenvalue weighted by Crippen LogP contribution is -2.58. The van der Waals surface area contributed by atoms with Gasteiger partial charge in [0.25, 0.3) is 6.43 Å². The first kappa shape index (κ1) is 20.3. The van der Waals surface area contributed by atoms with Crippen LogP contribution in [0.25, 0.3) is 0 Å². The van der Waals surface area contributed by atoms with Crippen LogP contribution in [-0.4, -0.2) is 70.9 Å². The van der Waals surface area contributed by atoms with Crippen LogP contribution in [0.1, 0.15) is 18.4 Å². The number of hydrogen-bond donors (Lipinski definition) is 2. The Morgan fingerprint density at radius 2 is 1.97 bits per heavy atom. The highest BCUT2D eigenvalue weighted by molar-refractivity contribution is 6.30. The van der Waals surface area contributed by atoms with Crippen molar-refractivity contribution >= 4 is 23.5 Å². The maximum Gasteiger partial charge on any atom is 0.265 e. The Balaban J connectivity index is 1.44. The number of aromatic nitrogens is 3. The number of alkyl halides is 2. The Morgan fingerprint density at radius 1 is 1.24 bits per heavy atom. The third kappa shape index (κ3) is 4.79. The van der Waals surface area contributed by atoms with Gasteiger partial charge in [0, 0.05) is 36.7 Å². The number of H-pyrrole nitrogens is 1. The zero-order chi connectivity index (χ0) is 20.4. The van der Waals surface area contributed by atoms with Crippen molar-refractivity contribution in [3.8, 4) is 0 Å². The molecule has 4 rings (SSSR count). The smallest absolute Gasteiger partial charge is 0.265 e. The second kappa shape index (κ2) is 8.81. The van der Waals surface area contributed by atoms with Crippen LogP contribution in [0, 0.1) is 0 Å². The number of halogens is 3. The lowest BCUT2D eigenvalue weighted by Gasteiger charge is -2.46. The lowest BCUT2D eigenvalue weighted by atomic mass is 9.96. The summed E-state index contributed by atoms with van der Waals surface area (Å²) in [5.41, 5.74) is 6.74. The molecule has 1 aromatic heterocycles. The fraction of sp³-hybridized carbons (Fsp3) is 0.579. The average Bonchev–Trinajstić information content (AvgIpc) is 3.16. The van der Waals surface area contributed by atoms with Gasteiger partial charge in [-0.2, -0.15) is 4.98 Å². The van der Waals surface area contributed by atoms with Gasteiger partial charge in [0.15, 0.2) is 0 Å². The molecule has 3 heterocycles. The number of nitrogens with two attached hydrogens (primary N) is 1. The second-order valence-electron chi connectivity index (χ2n) is 7.63. The van der Waals surface area contributed by atoms with Crippen LogP contribution in [-0.2, 0) is 11.2 Å². The molecule has 158 valence electrons. The Morgan fingerprint density at radius 3 is 2.59 bits per heavy atom. The summed E-state index contributed by atoms with van der Waals surface area (Å²) in [6, 6.07) is 7.94. The van der Waals surface area contributed by atoms with E-state index in [-0.39, 0.29) is 24.6 Å². The van der Waals surface area contributed by atoms with Crippen LogP contribution in [0.2, 0.25) is 5.02 Å². The first-order chi connectivity index (χ1) is 14.0. The number of morpholine rings is 1. The molecule has 2 aliphatic heterocycles. The summed E-state index contributed by atoms with van der Waals surface area (Å²) >= 11 is 5.98. The van der Waals surface area contributed by atoms with E-state index >= 15 is 0 Å². The number of rotatable bonds is 5. The molecule has 0 aliphatic carbocycles. The zero-order valence-electron chi connectivity index (χ0n) is 16.0. The van der Waals surface area contributed by atoms with Gasteiger partial charge in [-0.25, -0.2) is 13.9 Å². The Hall–Kier alpha value is -1.97. The minimum absolute atomic E-state index is 0.0573. The van der Waals surface area contributed by atoms with Gasteiger partial charge in [-0.1, -0.05) is 23.7 Å². The summed E-state index contributed by atoms with van der Waals surface area (Å²) in [5.74, 6) is 0.879. The average molecular weight is 427 g/mol. The van der Waals surface area contributed by atoms with Gasteiger partial charge in [0.1, 0.15) is 6.10 Å². The number of nitrogens with zero attached hydrogens (tertiary/aromatic N) is 4. The van der Waals surface area contributed by atoms with E-state index in [0.29, 0.717) is 17.6 Å². The van der Waals surface area contributed by atoms with Gasteiger partial charge in [0.05, 0.1) is 6.61 Å². The third-order valence-corrected chi connectivity index (χ3v) is 5.99. The topological polar surface area (TPSA) is 83.3 Å². The monoisotopic (exact) mass is 426 g/mol. The zero-order valence-corrected chi connectivity index (χ0v) is 16.7. The molecule has 2 aliphatic rings. The molecule has 0 saturated carbocycles. The minimum Gasteiger partial charge on any atom is -0.369 e. The number of benzene rings is 1. The summed E-state index contributed by atoms with van der Waals surface area (Å²) in [5, 5.41) is 7.45. The molecular weight excluding hydrogens is 402 g/mol. The van der Waals surface area contributed by atoms with Crippen molar-refractivity contribution in [2.75, 3.05) is 36.9 Å². The van der Waals surface area contributed by atoms with E-state index in [9.17, 15) is 8.78 Å².